The Morgan fingerprint density at radius 2 is 1.86 bits per heavy atom. The number of likely N-dealkylation sites (tertiary alicyclic amines) is 1. The van der Waals surface area contributed by atoms with Crippen LogP contribution in [-0.4, -0.2) is 47.8 Å². The Labute approximate surface area is 173 Å². The van der Waals surface area contributed by atoms with Crippen molar-refractivity contribution in [2.45, 2.75) is 56.2 Å². The molecule has 5 rings (SSSR count). The lowest BCUT2D eigenvalue weighted by molar-refractivity contribution is -0.000631. The highest BCUT2D eigenvalue weighted by Gasteiger charge is 2.35. The molecule has 3 aliphatic rings. The van der Waals surface area contributed by atoms with E-state index in [-0.39, 0.29) is 12.1 Å². The van der Waals surface area contributed by atoms with Gasteiger partial charge in [-0.25, -0.2) is 0 Å². The van der Waals surface area contributed by atoms with Crippen LogP contribution < -0.4 is 11.1 Å². The highest BCUT2D eigenvalue weighted by Crippen LogP contribution is 2.35. The lowest BCUT2D eigenvalue weighted by Gasteiger charge is -2.35. The summed E-state index contributed by atoms with van der Waals surface area (Å²) in [5.74, 6) is 0.690. The molecule has 0 bridgehead atoms. The maximum absolute atomic E-state index is 6.49. The number of anilines is 1. The van der Waals surface area contributed by atoms with E-state index in [9.17, 15) is 0 Å². The molecule has 2 fully saturated rings. The van der Waals surface area contributed by atoms with Crippen LogP contribution in [-0.2, 0) is 4.74 Å². The molecule has 2 atom stereocenters. The van der Waals surface area contributed by atoms with E-state index in [1.165, 1.54) is 29.8 Å². The molecule has 0 unspecified atom stereocenters. The maximum Gasteiger partial charge on any atom is 0.0688 e. The van der Waals surface area contributed by atoms with E-state index in [0.717, 1.165) is 44.7 Å². The van der Waals surface area contributed by atoms with E-state index < -0.39 is 0 Å². The van der Waals surface area contributed by atoms with E-state index in [4.69, 9.17) is 10.5 Å². The minimum absolute atomic E-state index is 0.182. The molecule has 2 aromatic rings. The lowest BCUT2D eigenvalue weighted by Crippen LogP contribution is -2.44. The zero-order valence-corrected chi connectivity index (χ0v) is 17.0. The second-order valence-electron chi connectivity index (χ2n) is 8.73. The molecule has 1 aromatic carbocycles. The van der Waals surface area contributed by atoms with E-state index in [0.29, 0.717) is 12.0 Å². The van der Waals surface area contributed by atoms with Gasteiger partial charge in [-0.1, -0.05) is 30.3 Å². The van der Waals surface area contributed by atoms with Crippen molar-refractivity contribution >= 4 is 11.8 Å². The van der Waals surface area contributed by atoms with Gasteiger partial charge in [0.2, 0.25) is 0 Å². The Bertz CT molecular complexity index is 838. The Morgan fingerprint density at radius 1 is 1.03 bits per heavy atom. The third kappa shape index (κ3) is 3.94. The number of aromatic nitrogens is 1. The largest absolute Gasteiger partial charge is 0.378 e. The number of hydrogen-bond donors (Lipinski definition) is 3. The van der Waals surface area contributed by atoms with Gasteiger partial charge in [-0.05, 0) is 55.7 Å². The molecule has 3 heterocycles. The van der Waals surface area contributed by atoms with Crippen LogP contribution in [0.5, 0.6) is 0 Å². The van der Waals surface area contributed by atoms with Crippen molar-refractivity contribution in [2.75, 3.05) is 25.0 Å². The van der Waals surface area contributed by atoms with Gasteiger partial charge in [-0.3, -0.25) is 0 Å². The van der Waals surface area contributed by atoms with Gasteiger partial charge < -0.3 is 25.7 Å². The molecular weight excluding hydrogens is 360 g/mol. The standard InChI is InChI=1S/C24H32N4O/c25-21-11-13-28(19-14-23-22(27-15-19)10-12-26-23)24(21)16-29-20-8-6-18(7-9-20)17-4-2-1-3-5-17/h1-5,10,12,14,18,20-21,24,26-27H,6-9,11,13,15-16,25H2/t18?,20?,21-,24-/m0/s1. The molecule has 29 heavy (non-hydrogen) atoms. The van der Waals surface area contributed by atoms with Crippen molar-refractivity contribution in [1.82, 2.24) is 9.88 Å². The predicted molar refractivity (Wildman–Crippen MR) is 118 cm³/mol. The first-order valence-electron chi connectivity index (χ1n) is 11.1. The smallest absolute Gasteiger partial charge is 0.0688 e. The van der Waals surface area contributed by atoms with Gasteiger partial charge in [-0.15, -0.1) is 0 Å². The molecule has 1 saturated carbocycles. The zero-order valence-electron chi connectivity index (χ0n) is 17.0. The summed E-state index contributed by atoms with van der Waals surface area (Å²) < 4.78 is 6.42. The molecule has 2 aliphatic heterocycles. The quantitative estimate of drug-likeness (QED) is 0.721. The van der Waals surface area contributed by atoms with Crippen molar-refractivity contribution in [1.29, 1.82) is 0 Å². The Balaban J connectivity index is 1.17. The fraction of sp³-hybridized carbons (Fsp3) is 0.500. The van der Waals surface area contributed by atoms with Crippen LogP contribution >= 0.6 is 0 Å². The summed E-state index contributed by atoms with van der Waals surface area (Å²) in [5.41, 5.74) is 11.6. The van der Waals surface area contributed by atoms with Crippen LogP contribution in [0.4, 0.5) is 5.69 Å². The van der Waals surface area contributed by atoms with Gasteiger partial charge in [0.25, 0.3) is 0 Å². The van der Waals surface area contributed by atoms with Gasteiger partial charge in [0, 0.05) is 24.5 Å². The third-order valence-electron chi connectivity index (χ3n) is 6.96. The van der Waals surface area contributed by atoms with E-state index in [1.54, 1.807) is 0 Å². The third-order valence-corrected chi connectivity index (χ3v) is 6.96. The van der Waals surface area contributed by atoms with E-state index >= 15 is 0 Å². The van der Waals surface area contributed by atoms with Gasteiger partial charge >= 0.3 is 0 Å². The summed E-state index contributed by atoms with van der Waals surface area (Å²) in [6.45, 7) is 2.60. The maximum atomic E-state index is 6.49. The van der Waals surface area contributed by atoms with Crippen LogP contribution in [0.2, 0.25) is 0 Å². The van der Waals surface area contributed by atoms with E-state index in [1.807, 2.05) is 6.20 Å². The topological polar surface area (TPSA) is 66.3 Å². The first-order valence-corrected chi connectivity index (χ1v) is 11.1. The number of aromatic amines is 1. The number of nitrogens with two attached hydrogens (primary N) is 1. The predicted octanol–water partition coefficient (Wildman–Crippen LogP) is 3.93. The molecule has 1 saturated heterocycles. The molecule has 154 valence electrons. The normalized spacial score (nSPS) is 29.3. The molecule has 1 aliphatic carbocycles. The van der Waals surface area contributed by atoms with Crippen molar-refractivity contribution < 1.29 is 4.74 Å². The fourth-order valence-electron chi connectivity index (χ4n) is 5.21. The number of hydrogen-bond acceptors (Lipinski definition) is 4. The van der Waals surface area contributed by atoms with Crippen molar-refractivity contribution in [3.8, 4) is 0 Å². The number of benzene rings is 1. The summed E-state index contributed by atoms with van der Waals surface area (Å²) in [7, 11) is 0. The van der Waals surface area contributed by atoms with Gasteiger partial charge in [0.15, 0.2) is 0 Å². The number of ether oxygens (including phenoxy) is 1. The molecule has 0 radical (unpaired) electrons. The number of fused-ring (bicyclic) bond motifs is 1. The van der Waals surface area contributed by atoms with Crippen molar-refractivity contribution in [3.63, 3.8) is 0 Å². The molecular formula is C24H32N4O. The number of rotatable bonds is 5. The van der Waals surface area contributed by atoms with Crippen LogP contribution in [0.3, 0.4) is 0 Å². The monoisotopic (exact) mass is 392 g/mol. The minimum Gasteiger partial charge on any atom is -0.378 e. The average Bonchev–Trinajstić information content (AvgIpc) is 3.39. The highest BCUT2D eigenvalue weighted by molar-refractivity contribution is 5.69. The molecule has 1 aromatic heterocycles. The minimum atomic E-state index is 0.182. The summed E-state index contributed by atoms with van der Waals surface area (Å²) in [4.78, 5) is 5.78. The Morgan fingerprint density at radius 3 is 2.69 bits per heavy atom. The highest BCUT2D eigenvalue weighted by atomic mass is 16.5. The molecule has 0 spiro atoms. The van der Waals surface area contributed by atoms with Gasteiger partial charge in [0.1, 0.15) is 0 Å². The summed E-state index contributed by atoms with van der Waals surface area (Å²) in [6, 6.07) is 13.5. The van der Waals surface area contributed by atoms with Gasteiger partial charge in [-0.2, -0.15) is 0 Å². The first kappa shape index (κ1) is 18.8. The van der Waals surface area contributed by atoms with Crippen molar-refractivity contribution in [2.24, 2.45) is 5.73 Å². The number of nitrogens with zero attached hydrogens (tertiary/aromatic N) is 1. The SMILES string of the molecule is N[C@H]1CCN(C2=Cc3[nH]ccc3NC2)[C@H]1COC1CCC(c2ccccc2)CC1. The van der Waals surface area contributed by atoms with Gasteiger partial charge in [0.05, 0.1) is 36.7 Å². The lowest BCUT2D eigenvalue weighted by atomic mass is 9.83. The van der Waals surface area contributed by atoms with Crippen LogP contribution in [0.15, 0.2) is 48.3 Å². The molecule has 0 amide bonds. The molecule has 5 nitrogen and oxygen atoms in total. The van der Waals surface area contributed by atoms with Crippen LogP contribution in [0, 0.1) is 0 Å². The van der Waals surface area contributed by atoms with Crippen LogP contribution in [0.25, 0.3) is 6.08 Å². The fourth-order valence-corrected chi connectivity index (χ4v) is 5.21. The van der Waals surface area contributed by atoms with Crippen molar-refractivity contribution in [3.05, 3.63) is 59.5 Å². The summed E-state index contributed by atoms with van der Waals surface area (Å²) in [6.07, 6.45) is 10.4. The van der Waals surface area contributed by atoms with Crippen LogP contribution in [0.1, 0.15) is 49.3 Å². The Kier molecular flexibility index (Phi) is 5.34. The Hall–Kier alpha value is -2.24. The number of nitrogens with one attached hydrogen (secondary N) is 2. The summed E-state index contributed by atoms with van der Waals surface area (Å²) >= 11 is 0. The first-order chi connectivity index (χ1) is 14.3. The molecule has 5 heteroatoms. The average molecular weight is 393 g/mol. The summed E-state index contributed by atoms with van der Waals surface area (Å²) in [5, 5.41) is 3.51. The zero-order chi connectivity index (χ0) is 19.6. The number of H-pyrrole nitrogens is 1. The molecule has 4 N–H and O–H groups in total. The van der Waals surface area contributed by atoms with E-state index in [2.05, 4.69) is 57.7 Å². The second kappa shape index (κ2) is 8.25. The second-order valence-corrected chi connectivity index (χ2v) is 8.73.